The molecule has 0 nitrogen and oxygen atoms in total. The molecule has 0 amide bonds. The van der Waals surface area contributed by atoms with Crippen molar-refractivity contribution in [1.29, 1.82) is 0 Å². The minimum Gasteiger partial charge on any atom is -0.207 e. The Hall–Kier alpha value is -1.70. The average molecular weight is 322 g/mol. The van der Waals surface area contributed by atoms with E-state index >= 15 is 0 Å². The van der Waals surface area contributed by atoms with Crippen LogP contribution in [0.5, 0.6) is 0 Å². The Morgan fingerprint density at radius 3 is 1.00 bits per heavy atom. The summed E-state index contributed by atoms with van der Waals surface area (Å²) >= 11 is 0. The molecular weight excluding hydrogens is 290 g/mol. The lowest BCUT2D eigenvalue weighted by atomic mass is 10.1. The second-order valence-corrected chi connectivity index (χ2v) is 5.32. The monoisotopic (exact) mass is 322 g/mol. The van der Waals surface area contributed by atoms with E-state index in [1.54, 1.807) is 6.92 Å². The number of aryl methyl sites for hydroxylation is 4. The minimum atomic E-state index is -0.521. The van der Waals surface area contributed by atoms with Gasteiger partial charge >= 0.3 is 0 Å². The molecule has 2 heteroatoms. The van der Waals surface area contributed by atoms with Crippen molar-refractivity contribution in [3.63, 3.8) is 0 Å². The number of hydrogen-bond donors (Lipinski definition) is 0. The zero-order chi connectivity index (χ0) is 18.4. The second-order valence-electron chi connectivity index (χ2n) is 5.32. The second kappa shape index (κ2) is 13.9. The van der Waals surface area contributed by atoms with Gasteiger partial charge in [0.15, 0.2) is 0 Å². The van der Waals surface area contributed by atoms with E-state index in [-0.39, 0.29) is 0 Å². The number of halogens is 2. The largest absolute Gasteiger partial charge is 0.207 e. The van der Waals surface area contributed by atoms with Crippen LogP contribution < -0.4 is 0 Å². The first-order valence-electron chi connectivity index (χ1n) is 8.26. The van der Waals surface area contributed by atoms with Gasteiger partial charge in [0.05, 0.1) is 0 Å². The van der Waals surface area contributed by atoms with Crippen LogP contribution in [0.4, 0.5) is 8.78 Å². The first kappa shape index (κ1) is 23.6. The predicted octanol–water partition coefficient (Wildman–Crippen LogP) is 7.33. The standard InChI is InChI=1S/C9H12.C7H6F2.C3H8.C2H6/c1-7-4-8(2)6-9(3)5-7;1-5-2-6(8)4-7(9)3-5;1-3-2;1-2/h4-6H,1-3H3;2-4H,1H3;3H2,1-2H3;1-2H3. The fourth-order valence-electron chi connectivity index (χ4n) is 1.89. The predicted molar refractivity (Wildman–Crippen MR) is 99.1 cm³/mol. The van der Waals surface area contributed by atoms with Crippen molar-refractivity contribution in [1.82, 2.24) is 0 Å². The van der Waals surface area contributed by atoms with Crippen molar-refractivity contribution >= 4 is 0 Å². The van der Waals surface area contributed by atoms with Crippen molar-refractivity contribution < 1.29 is 8.78 Å². The maximum atomic E-state index is 12.2. The van der Waals surface area contributed by atoms with E-state index < -0.39 is 11.6 Å². The quantitative estimate of drug-likeness (QED) is 0.476. The highest BCUT2D eigenvalue weighted by Crippen LogP contribution is 2.06. The van der Waals surface area contributed by atoms with Crippen molar-refractivity contribution in [3.05, 3.63) is 70.3 Å². The number of benzene rings is 2. The number of hydrogen-bond acceptors (Lipinski definition) is 0. The summed E-state index contributed by atoms with van der Waals surface area (Å²) in [5, 5.41) is 0. The molecule has 2 rings (SSSR count). The zero-order valence-corrected chi connectivity index (χ0v) is 15.9. The molecule has 0 atom stereocenters. The summed E-state index contributed by atoms with van der Waals surface area (Å²) < 4.78 is 24.4. The topological polar surface area (TPSA) is 0 Å². The zero-order valence-electron chi connectivity index (χ0n) is 15.9. The van der Waals surface area contributed by atoms with Crippen LogP contribution in [0, 0.1) is 39.3 Å². The first-order chi connectivity index (χ1) is 10.8. The fourth-order valence-corrected chi connectivity index (χ4v) is 1.89. The molecule has 0 heterocycles. The summed E-state index contributed by atoms with van der Waals surface area (Å²) in [6.45, 7) is 16.3. The van der Waals surface area contributed by atoms with Crippen LogP contribution in [-0.4, -0.2) is 0 Å². The first-order valence-corrected chi connectivity index (χ1v) is 8.26. The van der Waals surface area contributed by atoms with Gasteiger partial charge in [0, 0.05) is 6.07 Å². The molecule has 0 N–H and O–H groups in total. The Labute approximate surface area is 141 Å². The van der Waals surface area contributed by atoms with Crippen LogP contribution >= 0.6 is 0 Å². The third kappa shape index (κ3) is 13.7. The Kier molecular flexibility index (Phi) is 14.3. The lowest BCUT2D eigenvalue weighted by molar-refractivity contribution is 0.581. The van der Waals surface area contributed by atoms with Gasteiger partial charge in [-0.25, -0.2) is 8.78 Å². The summed E-state index contributed by atoms with van der Waals surface area (Å²) in [4.78, 5) is 0. The lowest BCUT2D eigenvalue weighted by Gasteiger charge is -1.96. The highest BCUT2D eigenvalue weighted by Gasteiger charge is 1.93. The summed E-state index contributed by atoms with van der Waals surface area (Å²) in [6.07, 6.45) is 1.25. The molecule has 0 bridgehead atoms. The van der Waals surface area contributed by atoms with E-state index in [4.69, 9.17) is 0 Å². The summed E-state index contributed by atoms with van der Waals surface area (Å²) in [5.74, 6) is -1.04. The van der Waals surface area contributed by atoms with E-state index in [1.165, 1.54) is 35.2 Å². The molecular formula is C21H32F2. The van der Waals surface area contributed by atoms with Crippen LogP contribution in [0.15, 0.2) is 36.4 Å². The highest BCUT2D eigenvalue weighted by atomic mass is 19.1. The molecule has 0 saturated heterocycles. The molecule has 0 fully saturated rings. The van der Waals surface area contributed by atoms with Crippen LogP contribution in [0.3, 0.4) is 0 Å². The van der Waals surface area contributed by atoms with Crippen molar-refractivity contribution in [3.8, 4) is 0 Å². The van der Waals surface area contributed by atoms with E-state index in [2.05, 4.69) is 52.8 Å². The molecule has 0 saturated carbocycles. The minimum absolute atomic E-state index is 0.521. The van der Waals surface area contributed by atoms with Crippen LogP contribution in [0.2, 0.25) is 0 Å². The Balaban J connectivity index is 0. The molecule has 130 valence electrons. The van der Waals surface area contributed by atoms with Crippen LogP contribution in [-0.2, 0) is 0 Å². The highest BCUT2D eigenvalue weighted by molar-refractivity contribution is 5.27. The number of rotatable bonds is 0. The van der Waals surface area contributed by atoms with Crippen LogP contribution in [0.25, 0.3) is 0 Å². The van der Waals surface area contributed by atoms with E-state index in [0.717, 1.165) is 6.07 Å². The average Bonchev–Trinajstić information content (AvgIpc) is 2.39. The van der Waals surface area contributed by atoms with Gasteiger partial charge in [0.25, 0.3) is 0 Å². The maximum absolute atomic E-state index is 12.2. The molecule has 0 aliphatic heterocycles. The van der Waals surface area contributed by atoms with Gasteiger partial charge in [-0.2, -0.15) is 0 Å². The van der Waals surface area contributed by atoms with Gasteiger partial charge in [-0.15, -0.1) is 0 Å². The normalized spacial score (nSPS) is 8.61. The Morgan fingerprint density at radius 2 is 0.783 bits per heavy atom. The fraction of sp³-hybridized carbons (Fsp3) is 0.429. The van der Waals surface area contributed by atoms with Crippen molar-refractivity contribution in [2.24, 2.45) is 0 Å². The third-order valence-electron chi connectivity index (χ3n) is 2.37. The SMILES string of the molecule is CC.CCC.Cc1cc(C)cc(C)c1.Cc1cc(F)cc(F)c1. The molecule has 2 aromatic rings. The molecule has 0 unspecified atom stereocenters. The Morgan fingerprint density at radius 1 is 0.565 bits per heavy atom. The third-order valence-corrected chi connectivity index (χ3v) is 2.37. The van der Waals surface area contributed by atoms with Gasteiger partial charge in [0.1, 0.15) is 11.6 Å². The lowest BCUT2D eigenvalue weighted by Crippen LogP contribution is -1.80. The van der Waals surface area contributed by atoms with E-state index in [1.807, 2.05) is 13.8 Å². The smallest absolute Gasteiger partial charge is 0.126 e. The van der Waals surface area contributed by atoms with Gasteiger partial charge < -0.3 is 0 Å². The molecule has 0 spiro atoms. The molecule has 0 aliphatic carbocycles. The molecule has 0 aliphatic rings. The van der Waals surface area contributed by atoms with Crippen molar-refractivity contribution in [2.75, 3.05) is 0 Å². The molecule has 0 radical (unpaired) electrons. The Bertz CT molecular complexity index is 395. The van der Waals surface area contributed by atoms with Gasteiger partial charge in [0.2, 0.25) is 0 Å². The van der Waals surface area contributed by atoms with E-state index in [0.29, 0.717) is 5.56 Å². The summed E-state index contributed by atoms with van der Waals surface area (Å²) in [5.41, 5.74) is 4.67. The maximum Gasteiger partial charge on any atom is 0.126 e. The van der Waals surface area contributed by atoms with E-state index in [9.17, 15) is 8.78 Å². The summed E-state index contributed by atoms with van der Waals surface area (Å²) in [7, 11) is 0. The van der Waals surface area contributed by atoms with Gasteiger partial charge in [-0.05, 0) is 45.4 Å². The molecule has 0 aromatic heterocycles. The van der Waals surface area contributed by atoms with Crippen LogP contribution in [0.1, 0.15) is 56.4 Å². The summed E-state index contributed by atoms with van der Waals surface area (Å²) in [6, 6.07) is 9.98. The molecule has 2 aromatic carbocycles. The van der Waals surface area contributed by atoms with Gasteiger partial charge in [-0.3, -0.25) is 0 Å². The molecule has 23 heavy (non-hydrogen) atoms. The van der Waals surface area contributed by atoms with Crippen molar-refractivity contribution in [2.45, 2.75) is 61.8 Å². The van der Waals surface area contributed by atoms with Gasteiger partial charge in [-0.1, -0.05) is 69.0 Å².